The average molecular weight is 200 g/mol. The number of ether oxygens (including phenoxy) is 1. The molecule has 1 aliphatic rings. The fraction of sp³-hybridized carbons (Fsp3) is 1.00. The molecule has 0 radical (unpaired) electrons. The molecule has 0 bridgehead atoms. The van der Waals surface area contributed by atoms with Gasteiger partial charge in [0.2, 0.25) is 0 Å². The van der Waals surface area contributed by atoms with Gasteiger partial charge in [-0.05, 0) is 31.7 Å². The van der Waals surface area contributed by atoms with Crippen molar-refractivity contribution in [3.05, 3.63) is 0 Å². The molecule has 1 aliphatic heterocycles. The zero-order valence-corrected chi connectivity index (χ0v) is 9.73. The zero-order valence-electron chi connectivity index (χ0n) is 9.73. The predicted octanol–water partition coefficient (Wildman–Crippen LogP) is 1.13. The Hall–Kier alpha value is -0.120. The van der Waals surface area contributed by atoms with Crippen molar-refractivity contribution < 1.29 is 4.74 Å². The van der Waals surface area contributed by atoms with Gasteiger partial charge in [0.1, 0.15) is 0 Å². The normalized spacial score (nSPS) is 31.7. The predicted molar refractivity (Wildman–Crippen MR) is 59.3 cm³/mol. The zero-order chi connectivity index (χ0) is 10.7. The topological polar surface area (TPSA) is 47.3 Å². The summed E-state index contributed by atoms with van der Waals surface area (Å²) in [7, 11) is 0. The van der Waals surface area contributed by atoms with Crippen LogP contribution in [0.25, 0.3) is 0 Å². The molecule has 1 heterocycles. The number of rotatable bonds is 5. The lowest BCUT2D eigenvalue weighted by atomic mass is 9.86. The summed E-state index contributed by atoms with van der Waals surface area (Å²) in [5.74, 6) is 0. The van der Waals surface area contributed by atoms with Crippen LogP contribution < -0.4 is 11.1 Å². The second-order valence-electron chi connectivity index (χ2n) is 5.09. The molecule has 0 aliphatic carbocycles. The Bertz CT molecular complexity index is 168. The van der Waals surface area contributed by atoms with Gasteiger partial charge in [0.15, 0.2) is 0 Å². The van der Waals surface area contributed by atoms with Gasteiger partial charge < -0.3 is 15.8 Å². The Balaban J connectivity index is 2.38. The molecule has 0 saturated carbocycles. The third-order valence-corrected chi connectivity index (χ3v) is 3.51. The summed E-state index contributed by atoms with van der Waals surface area (Å²) in [6.07, 6.45) is 2.23. The van der Waals surface area contributed by atoms with E-state index in [4.69, 9.17) is 10.5 Å². The molecule has 1 fully saturated rings. The summed E-state index contributed by atoms with van der Waals surface area (Å²) in [5.41, 5.74) is 6.17. The van der Waals surface area contributed by atoms with Crippen molar-refractivity contribution in [3.63, 3.8) is 0 Å². The third-order valence-electron chi connectivity index (χ3n) is 3.51. The molecule has 3 nitrogen and oxygen atoms in total. The van der Waals surface area contributed by atoms with Crippen molar-refractivity contribution in [1.82, 2.24) is 5.32 Å². The van der Waals surface area contributed by atoms with Crippen LogP contribution in [-0.2, 0) is 4.74 Å². The van der Waals surface area contributed by atoms with Crippen LogP contribution in [0.4, 0.5) is 0 Å². The van der Waals surface area contributed by atoms with E-state index in [-0.39, 0.29) is 11.0 Å². The lowest BCUT2D eigenvalue weighted by Gasteiger charge is -2.32. The second-order valence-corrected chi connectivity index (χ2v) is 5.09. The highest BCUT2D eigenvalue weighted by atomic mass is 16.5. The van der Waals surface area contributed by atoms with Crippen molar-refractivity contribution in [1.29, 1.82) is 0 Å². The number of nitrogens with two attached hydrogens (primary N) is 1. The molecule has 0 spiro atoms. The summed E-state index contributed by atoms with van der Waals surface area (Å²) < 4.78 is 5.40. The van der Waals surface area contributed by atoms with Crippen molar-refractivity contribution in [3.8, 4) is 0 Å². The van der Waals surface area contributed by atoms with E-state index in [1.54, 1.807) is 0 Å². The maximum absolute atomic E-state index is 5.77. The Kier molecular flexibility index (Phi) is 3.93. The lowest BCUT2D eigenvalue weighted by molar-refractivity contribution is 0.163. The molecule has 1 saturated heterocycles. The van der Waals surface area contributed by atoms with E-state index in [2.05, 4.69) is 26.1 Å². The lowest BCUT2D eigenvalue weighted by Crippen LogP contribution is -2.49. The van der Waals surface area contributed by atoms with Crippen molar-refractivity contribution >= 4 is 0 Å². The van der Waals surface area contributed by atoms with E-state index in [0.29, 0.717) is 0 Å². The van der Waals surface area contributed by atoms with Gasteiger partial charge in [-0.15, -0.1) is 0 Å². The molecule has 0 aromatic heterocycles. The first kappa shape index (κ1) is 12.0. The van der Waals surface area contributed by atoms with Crippen LogP contribution >= 0.6 is 0 Å². The van der Waals surface area contributed by atoms with Crippen molar-refractivity contribution in [2.45, 2.75) is 39.2 Å². The SMILES string of the molecule is CCC(C)(CN)CNC1(C)CCOC1. The molecule has 14 heavy (non-hydrogen) atoms. The standard InChI is InChI=1S/C11H24N2O/c1-4-10(2,7-12)8-13-11(3)5-6-14-9-11/h13H,4-9,12H2,1-3H3. The molecule has 84 valence electrons. The summed E-state index contributed by atoms with van der Waals surface area (Å²) in [4.78, 5) is 0. The molecule has 2 unspecified atom stereocenters. The van der Waals surface area contributed by atoms with Crippen LogP contribution in [0.1, 0.15) is 33.6 Å². The highest BCUT2D eigenvalue weighted by Crippen LogP contribution is 2.22. The third kappa shape index (κ3) is 2.94. The summed E-state index contributed by atoms with van der Waals surface area (Å²) in [6.45, 7) is 10.1. The molecule has 2 atom stereocenters. The molecule has 0 aromatic rings. The Labute approximate surface area is 87.4 Å². The first-order valence-electron chi connectivity index (χ1n) is 5.56. The van der Waals surface area contributed by atoms with Crippen LogP contribution in [0, 0.1) is 5.41 Å². The summed E-state index contributed by atoms with van der Waals surface area (Å²) in [6, 6.07) is 0. The molecule has 0 amide bonds. The number of hydrogen-bond donors (Lipinski definition) is 2. The van der Waals surface area contributed by atoms with Gasteiger partial charge in [-0.3, -0.25) is 0 Å². The summed E-state index contributed by atoms with van der Waals surface area (Å²) in [5, 5.41) is 3.60. The fourth-order valence-corrected chi connectivity index (χ4v) is 1.57. The Morgan fingerprint density at radius 3 is 2.71 bits per heavy atom. The van der Waals surface area contributed by atoms with Crippen LogP contribution in [-0.4, -0.2) is 31.8 Å². The average Bonchev–Trinajstić information content (AvgIpc) is 2.63. The first-order valence-corrected chi connectivity index (χ1v) is 5.56. The van der Waals surface area contributed by atoms with E-state index in [1.807, 2.05) is 0 Å². The van der Waals surface area contributed by atoms with Gasteiger partial charge in [0, 0.05) is 18.7 Å². The Morgan fingerprint density at radius 1 is 1.57 bits per heavy atom. The molecular formula is C11H24N2O. The monoisotopic (exact) mass is 200 g/mol. The highest BCUT2D eigenvalue weighted by Gasteiger charge is 2.31. The number of hydrogen-bond acceptors (Lipinski definition) is 3. The van der Waals surface area contributed by atoms with E-state index in [9.17, 15) is 0 Å². The van der Waals surface area contributed by atoms with Gasteiger partial charge in [-0.25, -0.2) is 0 Å². The molecular weight excluding hydrogens is 176 g/mol. The molecule has 3 N–H and O–H groups in total. The minimum Gasteiger partial charge on any atom is -0.379 e. The van der Waals surface area contributed by atoms with Crippen molar-refractivity contribution in [2.24, 2.45) is 11.1 Å². The minimum atomic E-state index is 0.172. The van der Waals surface area contributed by atoms with Crippen LogP contribution in [0.3, 0.4) is 0 Å². The Morgan fingerprint density at radius 2 is 2.29 bits per heavy atom. The van der Waals surface area contributed by atoms with Crippen molar-refractivity contribution in [2.75, 3.05) is 26.3 Å². The van der Waals surface area contributed by atoms with Crippen LogP contribution in [0.5, 0.6) is 0 Å². The van der Waals surface area contributed by atoms with E-state index in [0.717, 1.165) is 39.1 Å². The van der Waals surface area contributed by atoms with Gasteiger partial charge in [-0.1, -0.05) is 13.8 Å². The number of nitrogens with one attached hydrogen (secondary N) is 1. The maximum Gasteiger partial charge on any atom is 0.0646 e. The fourth-order valence-electron chi connectivity index (χ4n) is 1.57. The van der Waals surface area contributed by atoms with Gasteiger partial charge in [-0.2, -0.15) is 0 Å². The summed E-state index contributed by atoms with van der Waals surface area (Å²) >= 11 is 0. The molecule has 0 aromatic carbocycles. The van der Waals surface area contributed by atoms with E-state index >= 15 is 0 Å². The largest absolute Gasteiger partial charge is 0.379 e. The maximum atomic E-state index is 5.77. The molecule has 3 heteroatoms. The van der Waals surface area contributed by atoms with Gasteiger partial charge in [0.05, 0.1) is 6.61 Å². The van der Waals surface area contributed by atoms with E-state index in [1.165, 1.54) is 0 Å². The smallest absolute Gasteiger partial charge is 0.0646 e. The quantitative estimate of drug-likeness (QED) is 0.699. The first-order chi connectivity index (χ1) is 6.54. The second kappa shape index (κ2) is 4.60. The minimum absolute atomic E-state index is 0.172. The molecule has 1 rings (SSSR count). The van der Waals surface area contributed by atoms with Gasteiger partial charge >= 0.3 is 0 Å². The van der Waals surface area contributed by atoms with Crippen LogP contribution in [0.2, 0.25) is 0 Å². The van der Waals surface area contributed by atoms with E-state index < -0.39 is 0 Å². The van der Waals surface area contributed by atoms with Gasteiger partial charge in [0.25, 0.3) is 0 Å². The highest BCUT2D eigenvalue weighted by molar-refractivity contribution is 4.89. The van der Waals surface area contributed by atoms with Crippen LogP contribution in [0.15, 0.2) is 0 Å².